The third-order valence-electron chi connectivity index (χ3n) is 5.09. The number of rotatable bonds is 4. The van der Waals surface area contributed by atoms with Gasteiger partial charge in [-0.15, -0.1) is 0 Å². The first-order valence-corrected chi connectivity index (χ1v) is 8.58. The van der Waals surface area contributed by atoms with Gasteiger partial charge in [-0.3, -0.25) is 9.78 Å². The lowest BCUT2D eigenvalue weighted by atomic mass is 10.0. The van der Waals surface area contributed by atoms with Gasteiger partial charge in [0.2, 0.25) is 0 Å². The number of methoxy groups -OCH3 is 1. The average molecular weight is 326 g/mol. The van der Waals surface area contributed by atoms with Gasteiger partial charge >= 0.3 is 0 Å². The summed E-state index contributed by atoms with van der Waals surface area (Å²) in [5, 5.41) is 10.2. The predicted molar refractivity (Wildman–Crippen MR) is 91.4 cm³/mol. The van der Waals surface area contributed by atoms with Crippen molar-refractivity contribution in [2.24, 2.45) is 5.92 Å². The molecule has 2 aliphatic rings. The zero-order valence-electron chi connectivity index (χ0n) is 13.9. The molecule has 0 radical (unpaired) electrons. The molecule has 1 atom stereocenters. The number of carbonyl (C=O) groups excluding carboxylic acids is 1. The molecule has 1 N–H and O–H groups in total. The number of likely N-dealkylation sites (tertiary alicyclic amines) is 1. The fraction of sp³-hybridized carbons (Fsp3) is 0.474. The largest absolute Gasteiger partial charge is 0.497 e. The summed E-state index contributed by atoms with van der Waals surface area (Å²) >= 11 is 0. The summed E-state index contributed by atoms with van der Waals surface area (Å²) in [6.45, 7) is 1.47. The number of nitrogens with zero attached hydrogens (tertiary/aromatic N) is 2. The molecule has 5 nitrogen and oxygen atoms in total. The number of fused-ring (bicyclic) bond motifs is 1. The Kier molecular flexibility index (Phi) is 3.88. The van der Waals surface area contributed by atoms with Crippen molar-refractivity contribution in [1.82, 2.24) is 9.88 Å². The maximum Gasteiger partial charge on any atom is 0.254 e. The molecule has 1 amide bonds. The Hall–Kier alpha value is -2.14. The highest BCUT2D eigenvalue weighted by atomic mass is 16.5. The third-order valence-corrected chi connectivity index (χ3v) is 5.09. The van der Waals surface area contributed by atoms with Crippen LogP contribution in [0.15, 0.2) is 24.3 Å². The van der Waals surface area contributed by atoms with Crippen LogP contribution in [0.25, 0.3) is 10.9 Å². The number of ether oxygens (including phenoxy) is 1. The van der Waals surface area contributed by atoms with E-state index in [1.54, 1.807) is 7.11 Å². The molecule has 1 aliphatic heterocycles. The van der Waals surface area contributed by atoms with Crippen molar-refractivity contribution in [1.29, 1.82) is 0 Å². The summed E-state index contributed by atoms with van der Waals surface area (Å²) in [6, 6.07) is 7.68. The van der Waals surface area contributed by atoms with Crippen molar-refractivity contribution in [3.05, 3.63) is 35.5 Å². The van der Waals surface area contributed by atoms with E-state index >= 15 is 0 Å². The molecule has 24 heavy (non-hydrogen) atoms. The molecule has 2 aromatic rings. The smallest absolute Gasteiger partial charge is 0.254 e. The first-order chi connectivity index (χ1) is 11.7. The molecule has 1 unspecified atom stereocenters. The van der Waals surface area contributed by atoms with Gasteiger partial charge in [-0.2, -0.15) is 0 Å². The van der Waals surface area contributed by atoms with Crippen LogP contribution >= 0.6 is 0 Å². The summed E-state index contributed by atoms with van der Waals surface area (Å²) in [5.74, 6) is 1.45. The molecule has 4 rings (SSSR count). The second-order valence-electron chi connectivity index (χ2n) is 6.84. The zero-order chi connectivity index (χ0) is 16.7. The fourth-order valence-corrected chi connectivity index (χ4v) is 3.45. The zero-order valence-corrected chi connectivity index (χ0v) is 13.9. The summed E-state index contributed by atoms with van der Waals surface area (Å²) < 4.78 is 5.32. The van der Waals surface area contributed by atoms with E-state index in [0.717, 1.165) is 41.6 Å². The van der Waals surface area contributed by atoms with Gasteiger partial charge < -0.3 is 14.7 Å². The van der Waals surface area contributed by atoms with E-state index in [9.17, 15) is 9.90 Å². The third kappa shape index (κ3) is 2.73. The standard InChI is InChI=1S/C19H22N2O3/c1-24-14-4-5-17-15(8-14)16(9-18(20-17)13-2-3-13)19(23)21-7-6-12(10-21)11-22/h4-5,8-9,12-13,22H,2-3,6-7,10-11H2,1H3. The van der Waals surface area contributed by atoms with Gasteiger partial charge in [-0.25, -0.2) is 0 Å². The number of hydrogen-bond donors (Lipinski definition) is 1. The lowest BCUT2D eigenvalue weighted by Gasteiger charge is -2.18. The fourth-order valence-electron chi connectivity index (χ4n) is 3.45. The number of hydrogen-bond acceptors (Lipinski definition) is 4. The molecule has 0 bridgehead atoms. The monoisotopic (exact) mass is 326 g/mol. The van der Waals surface area contributed by atoms with Gasteiger partial charge in [0.05, 0.1) is 18.2 Å². The maximum atomic E-state index is 13.1. The SMILES string of the molecule is COc1ccc2nc(C3CC3)cc(C(=O)N3CCC(CO)C3)c2c1. The maximum absolute atomic E-state index is 13.1. The number of aromatic nitrogens is 1. The number of pyridine rings is 1. The predicted octanol–water partition coefficient (Wildman–Crippen LogP) is 2.58. The Bertz CT molecular complexity index is 786. The van der Waals surface area contributed by atoms with Crippen molar-refractivity contribution in [3.8, 4) is 5.75 Å². The van der Waals surface area contributed by atoms with Crippen molar-refractivity contribution in [3.63, 3.8) is 0 Å². The second kappa shape index (κ2) is 6.06. The van der Waals surface area contributed by atoms with E-state index in [2.05, 4.69) is 0 Å². The van der Waals surface area contributed by atoms with E-state index in [-0.39, 0.29) is 18.4 Å². The quantitative estimate of drug-likeness (QED) is 0.938. The van der Waals surface area contributed by atoms with Crippen LogP contribution < -0.4 is 4.74 Å². The summed E-state index contributed by atoms with van der Waals surface area (Å²) in [7, 11) is 1.63. The van der Waals surface area contributed by atoms with Crippen LogP contribution in [-0.4, -0.2) is 47.7 Å². The van der Waals surface area contributed by atoms with E-state index in [1.165, 1.54) is 0 Å². The van der Waals surface area contributed by atoms with E-state index in [0.29, 0.717) is 24.6 Å². The Morgan fingerprint density at radius 2 is 2.17 bits per heavy atom. The Labute approximate surface area is 141 Å². The van der Waals surface area contributed by atoms with Gasteiger partial charge in [0, 0.05) is 42.6 Å². The first kappa shape index (κ1) is 15.4. The number of benzene rings is 1. The highest BCUT2D eigenvalue weighted by Crippen LogP contribution is 2.40. The van der Waals surface area contributed by atoms with Crippen molar-refractivity contribution in [2.75, 3.05) is 26.8 Å². The van der Waals surface area contributed by atoms with Crippen LogP contribution in [0.4, 0.5) is 0 Å². The van der Waals surface area contributed by atoms with Crippen LogP contribution in [0, 0.1) is 5.92 Å². The first-order valence-electron chi connectivity index (χ1n) is 8.58. The van der Waals surface area contributed by atoms with Crippen LogP contribution in [-0.2, 0) is 0 Å². The van der Waals surface area contributed by atoms with Crippen molar-refractivity contribution in [2.45, 2.75) is 25.2 Å². The van der Waals surface area contributed by atoms with Gasteiger partial charge in [-0.1, -0.05) is 0 Å². The molecule has 1 aliphatic carbocycles. The minimum Gasteiger partial charge on any atom is -0.497 e. The average Bonchev–Trinajstić information content (AvgIpc) is 3.36. The molecule has 126 valence electrons. The van der Waals surface area contributed by atoms with Crippen molar-refractivity contribution < 1.29 is 14.6 Å². The van der Waals surface area contributed by atoms with Gasteiger partial charge in [0.25, 0.3) is 5.91 Å². The summed E-state index contributed by atoms with van der Waals surface area (Å²) in [5.41, 5.74) is 2.58. The summed E-state index contributed by atoms with van der Waals surface area (Å²) in [6.07, 6.45) is 3.17. The molecule has 1 saturated heterocycles. The van der Waals surface area contributed by atoms with Crippen LogP contribution in [0.3, 0.4) is 0 Å². The molecule has 0 spiro atoms. The molecule has 1 aromatic heterocycles. The van der Waals surface area contributed by atoms with Crippen molar-refractivity contribution >= 4 is 16.8 Å². The molecule has 2 heterocycles. The topological polar surface area (TPSA) is 62.7 Å². The van der Waals surface area contributed by atoms with E-state index in [4.69, 9.17) is 9.72 Å². The Morgan fingerprint density at radius 3 is 2.83 bits per heavy atom. The summed E-state index contributed by atoms with van der Waals surface area (Å²) in [4.78, 5) is 19.7. The number of aliphatic hydroxyl groups excluding tert-OH is 1. The molecule has 1 saturated carbocycles. The van der Waals surface area contributed by atoms with Gasteiger partial charge in [0.1, 0.15) is 5.75 Å². The van der Waals surface area contributed by atoms with Gasteiger partial charge in [-0.05, 0) is 43.5 Å². The molecular weight excluding hydrogens is 304 g/mol. The molecule has 1 aromatic carbocycles. The van der Waals surface area contributed by atoms with Crippen LogP contribution in [0.1, 0.15) is 41.2 Å². The molecule has 5 heteroatoms. The highest BCUT2D eigenvalue weighted by molar-refractivity contribution is 6.06. The lowest BCUT2D eigenvalue weighted by molar-refractivity contribution is 0.0783. The highest BCUT2D eigenvalue weighted by Gasteiger charge is 2.30. The second-order valence-corrected chi connectivity index (χ2v) is 6.84. The Balaban J connectivity index is 1.77. The Morgan fingerprint density at radius 1 is 1.33 bits per heavy atom. The minimum absolute atomic E-state index is 0.0357. The minimum atomic E-state index is 0.0357. The van der Waals surface area contributed by atoms with Gasteiger partial charge in [0.15, 0.2) is 0 Å². The van der Waals surface area contributed by atoms with E-state index in [1.807, 2.05) is 29.2 Å². The van der Waals surface area contributed by atoms with E-state index < -0.39 is 0 Å². The number of amides is 1. The van der Waals surface area contributed by atoms with Crippen LogP contribution in [0.2, 0.25) is 0 Å². The molecular formula is C19H22N2O3. The number of carbonyl (C=O) groups is 1. The molecule has 2 fully saturated rings. The van der Waals surface area contributed by atoms with Crippen LogP contribution in [0.5, 0.6) is 5.75 Å². The normalized spacial score (nSPS) is 20.6. The number of aliphatic hydroxyl groups is 1. The lowest BCUT2D eigenvalue weighted by Crippen LogP contribution is -2.29.